The molecule has 6 atom stereocenters. The van der Waals surface area contributed by atoms with E-state index in [-0.39, 0.29) is 57.5 Å². The first-order chi connectivity index (χ1) is 26.0. The van der Waals surface area contributed by atoms with E-state index in [0.29, 0.717) is 35.5 Å². The third-order valence-corrected chi connectivity index (χ3v) is 15.2. The molecule has 292 valence electrons. The minimum atomic E-state index is -0.240. The van der Waals surface area contributed by atoms with E-state index in [0.717, 1.165) is 128 Å². The molecule has 8 saturated carbocycles. The lowest BCUT2D eigenvalue weighted by Gasteiger charge is -2.58. The minimum absolute atomic E-state index is 0.137. The average molecular weight is 782 g/mol. The topological polar surface area (TPSA) is 157 Å². The van der Waals surface area contributed by atoms with Gasteiger partial charge in [-0.1, -0.05) is 0 Å². The fourth-order valence-corrected chi connectivity index (χ4v) is 13.1. The number of piperidine rings is 2. The van der Waals surface area contributed by atoms with Gasteiger partial charge in [0.25, 0.3) is 0 Å². The zero-order valence-corrected chi connectivity index (χ0v) is 32.5. The Kier molecular flexibility index (Phi) is 9.96. The number of anilines is 2. The fraction of sp³-hybridized carbons (Fsp3) is 0.750. The van der Waals surface area contributed by atoms with Crippen LogP contribution in [0.1, 0.15) is 89.9 Å². The Morgan fingerprint density at radius 2 is 1.04 bits per heavy atom. The van der Waals surface area contributed by atoms with Gasteiger partial charge in [-0.15, -0.1) is 0 Å². The van der Waals surface area contributed by atoms with Crippen LogP contribution in [-0.2, 0) is 9.59 Å². The molecular weight excluding hydrogens is 727 g/mol. The van der Waals surface area contributed by atoms with Gasteiger partial charge in [-0.2, -0.15) is 0 Å². The summed E-state index contributed by atoms with van der Waals surface area (Å²) in [5, 5.41) is 28.2. The van der Waals surface area contributed by atoms with Gasteiger partial charge >= 0.3 is 0 Å². The van der Waals surface area contributed by atoms with Gasteiger partial charge in [-0.25, -0.2) is 19.9 Å². The van der Waals surface area contributed by atoms with Crippen molar-refractivity contribution in [3.63, 3.8) is 0 Å². The number of aliphatic hydroxyl groups is 2. The van der Waals surface area contributed by atoms with Crippen LogP contribution in [0, 0.1) is 46.3 Å². The molecule has 4 unspecified atom stereocenters. The first kappa shape index (κ1) is 36.8. The summed E-state index contributed by atoms with van der Waals surface area (Å²) in [4.78, 5) is 47.5. The normalized spacial score (nSPS) is 40.2. The summed E-state index contributed by atoms with van der Waals surface area (Å²) in [5.41, 5.74) is -0.480. The summed E-state index contributed by atoms with van der Waals surface area (Å²) in [6.07, 6.45) is 16.9. The number of hydrogen-bond acceptors (Lipinski definition) is 10. The highest BCUT2D eigenvalue weighted by Crippen LogP contribution is 2.61. The van der Waals surface area contributed by atoms with E-state index in [1.165, 1.54) is 0 Å². The van der Waals surface area contributed by atoms with E-state index < -0.39 is 0 Å². The summed E-state index contributed by atoms with van der Waals surface area (Å²) in [5.74, 6) is 4.66. The second-order valence-corrected chi connectivity index (χ2v) is 19.0. The predicted octanol–water partition coefficient (Wildman–Crippen LogP) is 4.80. The van der Waals surface area contributed by atoms with E-state index in [1.807, 2.05) is 12.1 Å². The molecule has 8 bridgehead atoms. The van der Waals surface area contributed by atoms with E-state index in [1.54, 1.807) is 12.4 Å². The molecule has 12 rings (SSSR count). The number of nitrogens with one attached hydrogen (secondary N) is 2. The molecular formula is C40H54Cl2N8O4. The second-order valence-electron chi connectivity index (χ2n) is 18.4. The number of rotatable bonds is 6. The Morgan fingerprint density at radius 1 is 0.648 bits per heavy atom. The summed E-state index contributed by atoms with van der Waals surface area (Å²) >= 11 is 11.9. The van der Waals surface area contributed by atoms with Crippen molar-refractivity contribution in [2.75, 3.05) is 36.0 Å². The lowest BCUT2D eigenvalue weighted by Crippen LogP contribution is -2.60. The highest BCUT2D eigenvalue weighted by molar-refractivity contribution is 6.28. The maximum absolute atomic E-state index is 13.3. The van der Waals surface area contributed by atoms with Crippen molar-refractivity contribution in [3.05, 3.63) is 35.1 Å². The Morgan fingerprint density at radius 3 is 1.41 bits per heavy atom. The van der Waals surface area contributed by atoms with Gasteiger partial charge in [0.2, 0.25) is 22.4 Å². The number of nitrogens with zero attached hydrogens (tertiary/aromatic N) is 6. The van der Waals surface area contributed by atoms with Crippen molar-refractivity contribution in [2.45, 2.75) is 114 Å². The lowest BCUT2D eigenvalue weighted by atomic mass is 9.48. The Balaban J connectivity index is 0.000000142. The number of carbonyl (C=O) groups is 2. The van der Waals surface area contributed by atoms with Crippen LogP contribution in [0.15, 0.2) is 24.5 Å². The Bertz CT molecular complexity index is 1580. The van der Waals surface area contributed by atoms with Gasteiger partial charge in [0, 0.05) is 50.7 Å². The molecule has 2 saturated heterocycles. The SMILES string of the molecule is O=C(N[C@H]1CCCN(c2ccnc(Cl)n2)C1)C12CC3CC(C1)C(O)C(C3)C2.O=C(N[C@H]1CCCN(c2ccnc(Cl)n2)C1)C12CC3CC(C1)C(O)C(C3)C2. The van der Waals surface area contributed by atoms with Crippen LogP contribution in [0.3, 0.4) is 0 Å². The molecule has 8 aliphatic carbocycles. The third-order valence-electron chi connectivity index (χ3n) is 14.8. The van der Waals surface area contributed by atoms with Crippen LogP contribution in [0.4, 0.5) is 11.6 Å². The van der Waals surface area contributed by atoms with Gasteiger partial charge in [0.15, 0.2) is 0 Å². The van der Waals surface area contributed by atoms with Crippen molar-refractivity contribution >= 4 is 46.7 Å². The maximum atomic E-state index is 13.3. The molecule has 0 spiro atoms. The number of amides is 2. The molecule has 2 aromatic rings. The van der Waals surface area contributed by atoms with Crippen LogP contribution in [0.5, 0.6) is 0 Å². The molecule has 2 aromatic heterocycles. The van der Waals surface area contributed by atoms with E-state index in [9.17, 15) is 19.8 Å². The van der Waals surface area contributed by atoms with E-state index in [2.05, 4.69) is 40.4 Å². The van der Waals surface area contributed by atoms with Crippen LogP contribution in [0.25, 0.3) is 0 Å². The molecule has 10 fully saturated rings. The third kappa shape index (κ3) is 7.06. The van der Waals surface area contributed by atoms with E-state index in [4.69, 9.17) is 23.2 Å². The zero-order valence-electron chi connectivity index (χ0n) is 31.0. The maximum Gasteiger partial charge on any atom is 0.226 e. The predicted molar refractivity (Wildman–Crippen MR) is 205 cm³/mol. The quantitative estimate of drug-likeness (QED) is 0.301. The Hall–Kier alpha value is -2.80. The Labute approximate surface area is 327 Å². The first-order valence-corrected chi connectivity index (χ1v) is 21.3. The fourth-order valence-electron chi connectivity index (χ4n) is 12.8. The standard InChI is InChI=1S/2C20H27ClN4O2/c2*21-19-22-4-3-16(24-19)25-5-1-2-15(11-25)23-18(27)20-8-12-6-13(9-20)17(26)14(7-12)10-20/h2*3-4,12-15,17,26H,1-2,5-11H2,(H,23,27)/t2*12?,13?,14?,15-,17?,20?/m00/s1. The van der Waals surface area contributed by atoms with Crippen LogP contribution >= 0.6 is 23.2 Å². The molecule has 2 amide bonds. The van der Waals surface area contributed by atoms with Crippen LogP contribution < -0.4 is 20.4 Å². The molecule has 4 N–H and O–H groups in total. The van der Waals surface area contributed by atoms with Gasteiger partial charge < -0.3 is 30.6 Å². The highest BCUT2D eigenvalue weighted by atomic mass is 35.5. The molecule has 10 aliphatic rings. The zero-order chi connectivity index (χ0) is 37.2. The second kappa shape index (κ2) is 14.6. The van der Waals surface area contributed by atoms with Crippen molar-refractivity contribution < 1.29 is 19.8 Å². The molecule has 2 aliphatic heterocycles. The number of aliphatic hydroxyl groups excluding tert-OH is 2. The van der Waals surface area contributed by atoms with Crippen molar-refractivity contribution in [1.29, 1.82) is 0 Å². The average Bonchev–Trinajstić information content (AvgIpc) is 3.16. The lowest BCUT2D eigenvalue weighted by molar-refractivity contribution is -0.164. The number of hydrogen-bond donors (Lipinski definition) is 4. The van der Waals surface area contributed by atoms with Gasteiger partial charge in [-0.05, 0) is 161 Å². The van der Waals surface area contributed by atoms with Crippen molar-refractivity contribution in [1.82, 2.24) is 30.6 Å². The van der Waals surface area contributed by atoms with Crippen LogP contribution in [0.2, 0.25) is 10.6 Å². The largest absolute Gasteiger partial charge is 0.393 e. The monoisotopic (exact) mass is 780 g/mol. The number of halogens is 2. The van der Waals surface area contributed by atoms with Crippen molar-refractivity contribution in [3.8, 4) is 0 Å². The van der Waals surface area contributed by atoms with Gasteiger partial charge in [0.1, 0.15) is 11.6 Å². The molecule has 0 aromatic carbocycles. The highest BCUT2D eigenvalue weighted by Gasteiger charge is 2.59. The molecule has 4 heterocycles. The summed E-state index contributed by atoms with van der Waals surface area (Å²) in [6.45, 7) is 3.36. The smallest absolute Gasteiger partial charge is 0.226 e. The molecule has 12 nitrogen and oxygen atoms in total. The van der Waals surface area contributed by atoms with Crippen LogP contribution in [-0.4, -0.2) is 92.4 Å². The minimum Gasteiger partial charge on any atom is -0.393 e. The number of aromatic nitrogens is 4. The first-order valence-electron chi connectivity index (χ1n) is 20.5. The number of carbonyl (C=O) groups excluding carboxylic acids is 2. The molecule has 0 radical (unpaired) electrons. The summed E-state index contributed by atoms with van der Waals surface area (Å²) in [6, 6.07) is 4.02. The summed E-state index contributed by atoms with van der Waals surface area (Å²) in [7, 11) is 0. The van der Waals surface area contributed by atoms with E-state index >= 15 is 0 Å². The van der Waals surface area contributed by atoms with Crippen molar-refractivity contribution in [2.24, 2.45) is 46.3 Å². The van der Waals surface area contributed by atoms with Gasteiger partial charge in [-0.3, -0.25) is 9.59 Å². The molecule has 54 heavy (non-hydrogen) atoms. The summed E-state index contributed by atoms with van der Waals surface area (Å²) < 4.78 is 0. The van der Waals surface area contributed by atoms with Gasteiger partial charge in [0.05, 0.1) is 23.0 Å². The molecule has 14 heteroatoms.